The number of rotatable bonds is 6. The maximum Gasteiger partial charge on any atom is 0.303 e. The highest BCUT2D eigenvalue weighted by Crippen LogP contribution is 2.05. The van der Waals surface area contributed by atoms with Crippen LogP contribution in [-0.4, -0.2) is 34.5 Å². The second-order valence-electron chi connectivity index (χ2n) is 2.42. The van der Waals surface area contributed by atoms with Crippen LogP contribution < -0.4 is 0 Å². The summed E-state index contributed by atoms with van der Waals surface area (Å²) in [7, 11) is 0. The molecule has 6 nitrogen and oxygen atoms in total. The molecule has 0 spiro atoms. The first-order valence-electron chi connectivity index (χ1n) is 4.17. The summed E-state index contributed by atoms with van der Waals surface area (Å²) in [6.45, 7) is -0.611. The van der Waals surface area contributed by atoms with Crippen LogP contribution in [0.15, 0.2) is 0 Å². The Kier molecular flexibility index (Phi) is 13.9. The number of unbranched alkanes of at least 4 members (excludes halogenated alkanes) is 1. The van der Waals surface area contributed by atoms with E-state index in [-0.39, 0.29) is 26.1 Å². The predicted octanol–water partition coefficient (Wildman–Crippen LogP) is 0.333. The van der Waals surface area contributed by atoms with Crippen LogP contribution >= 0.6 is 0 Å². The molecular weight excluding hydrogens is 192 g/mol. The molecule has 0 saturated heterocycles. The average molecular weight is 207 g/mol. The zero-order chi connectivity index (χ0) is 11.4. The summed E-state index contributed by atoms with van der Waals surface area (Å²) in [6.07, 6.45) is 0.148. The molecular formula is C8H15O6. The van der Waals surface area contributed by atoms with Crippen molar-refractivity contribution in [2.75, 3.05) is 13.2 Å². The van der Waals surface area contributed by atoms with Gasteiger partial charge in [0, 0.05) is 12.8 Å². The average Bonchev–Trinajstić information content (AvgIpc) is 2.12. The first-order valence-corrected chi connectivity index (χ1v) is 4.17. The Morgan fingerprint density at radius 2 is 1.50 bits per heavy atom. The fourth-order valence-electron chi connectivity index (χ4n) is 0.552. The molecule has 83 valence electrons. The van der Waals surface area contributed by atoms with Gasteiger partial charge in [-0.25, -0.2) is 5.11 Å². The van der Waals surface area contributed by atoms with E-state index in [0.29, 0.717) is 12.8 Å². The van der Waals surface area contributed by atoms with Gasteiger partial charge in [0.05, 0.1) is 6.61 Å². The lowest BCUT2D eigenvalue weighted by molar-refractivity contribution is -0.137. The molecule has 14 heavy (non-hydrogen) atoms. The molecule has 0 fully saturated rings. The van der Waals surface area contributed by atoms with Crippen LogP contribution in [0.4, 0.5) is 0 Å². The van der Waals surface area contributed by atoms with Crippen molar-refractivity contribution in [2.45, 2.75) is 25.7 Å². The lowest BCUT2D eigenvalue weighted by Gasteiger charge is -1.96. The Morgan fingerprint density at radius 3 is 1.79 bits per heavy atom. The third-order valence-corrected chi connectivity index (χ3v) is 1.12. The maximum absolute atomic E-state index is 9.90. The molecule has 3 radical (unpaired) electrons. The van der Waals surface area contributed by atoms with E-state index in [9.17, 15) is 9.90 Å². The first kappa shape index (κ1) is 15.8. The molecule has 0 aromatic carbocycles. The summed E-state index contributed by atoms with van der Waals surface area (Å²) < 4.78 is 0. The first-order chi connectivity index (χ1) is 6.54. The number of aliphatic hydroxyl groups is 2. The minimum Gasteiger partial charge on any atom is -0.481 e. The summed E-state index contributed by atoms with van der Waals surface area (Å²) in [5.74, 6) is -0.870. The van der Waals surface area contributed by atoms with Crippen molar-refractivity contribution in [3.63, 3.8) is 0 Å². The van der Waals surface area contributed by atoms with Crippen molar-refractivity contribution in [3.05, 3.63) is 6.29 Å². The minimum absolute atomic E-state index is 0.0628. The summed E-state index contributed by atoms with van der Waals surface area (Å²) in [4.78, 5) is 9.90. The van der Waals surface area contributed by atoms with Crippen molar-refractivity contribution in [2.24, 2.45) is 0 Å². The molecule has 0 heterocycles. The van der Waals surface area contributed by atoms with Gasteiger partial charge in [0.2, 0.25) is 0 Å². The summed E-state index contributed by atoms with van der Waals surface area (Å²) in [6, 6.07) is 0. The van der Waals surface area contributed by atoms with Crippen LogP contribution in [0.25, 0.3) is 0 Å². The van der Waals surface area contributed by atoms with Crippen LogP contribution in [0, 0.1) is 6.29 Å². The third-order valence-electron chi connectivity index (χ3n) is 1.12. The topological polar surface area (TPSA) is 118 Å². The molecule has 0 atom stereocenters. The molecule has 6 heteroatoms. The predicted molar refractivity (Wildman–Crippen MR) is 44.6 cm³/mol. The van der Waals surface area contributed by atoms with Crippen LogP contribution in [0.2, 0.25) is 0 Å². The zero-order valence-corrected chi connectivity index (χ0v) is 7.81. The normalized spacial score (nSPS) is 9.50. The molecule has 0 aliphatic carbocycles. The van der Waals surface area contributed by atoms with E-state index in [2.05, 4.69) is 0 Å². The van der Waals surface area contributed by atoms with E-state index in [1.165, 1.54) is 0 Å². The Balaban J connectivity index is 0. The van der Waals surface area contributed by atoms with Crippen LogP contribution in [0.5, 0.6) is 0 Å². The lowest BCUT2D eigenvalue weighted by Crippen LogP contribution is -1.96. The van der Waals surface area contributed by atoms with E-state index < -0.39 is 12.3 Å². The second-order valence-corrected chi connectivity index (χ2v) is 2.42. The van der Waals surface area contributed by atoms with Crippen molar-refractivity contribution >= 4 is 5.97 Å². The summed E-state index contributed by atoms with van der Waals surface area (Å²) >= 11 is 0. The van der Waals surface area contributed by atoms with Gasteiger partial charge in [-0.3, -0.25) is 4.79 Å². The van der Waals surface area contributed by atoms with Gasteiger partial charge in [0.1, 0.15) is 6.61 Å². The molecule has 0 aliphatic rings. The van der Waals surface area contributed by atoms with E-state index in [1.807, 2.05) is 0 Å². The second kappa shape index (κ2) is 12.3. The maximum atomic E-state index is 9.90. The molecule has 0 amide bonds. The van der Waals surface area contributed by atoms with Crippen LogP contribution in [0.1, 0.15) is 25.7 Å². The highest BCUT2D eigenvalue weighted by atomic mass is 16.5. The fourth-order valence-corrected chi connectivity index (χ4v) is 0.552. The zero-order valence-electron chi connectivity index (χ0n) is 7.81. The van der Waals surface area contributed by atoms with Gasteiger partial charge in [-0.05, 0) is 12.8 Å². The summed E-state index contributed by atoms with van der Waals surface area (Å²) in [5.41, 5.74) is 0. The fraction of sp³-hybridized carbons (Fsp3) is 0.750. The monoisotopic (exact) mass is 207 g/mol. The molecule has 0 rings (SSSR count). The summed E-state index contributed by atoms with van der Waals surface area (Å²) in [5, 5.41) is 42.8. The number of carbonyl (C=O) groups is 1. The standard InChI is InChI=1S/C6H10O4.C2H5O2/c7-5(8)3-1-2-4-6(9)10;3-1-2-4/h7H,1-4H2,(H,9,10);3H,1-2H2. The van der Waals surface area contributed by atoms with E-state index >= 15 is 0 Å². The van der Waals surface area contributed by atoms with E-state index in [0.717, 1.165) is 0 Å². The largest absolute Gasteiger partial charge is 0.481 e. The lowest BCUT2D eigenvalue weighted by atomic mass is 10.2. The Morgan fingerprint density at radius 1 is 1.07 bits per heavy atom. The number of carboxylic acid groups (broad SMARTS) is 1. The van der Waals surface area contributed by atoms with Crippen molar-refractivity contribution in [1.82, 2.24) is 0 Å². The number of hydrogen-bond acceptors (Lipinski definition) is 3. The number of aliphatic hydroxyl groups excluding tert-OH is 2. The van der Waals surface area contributed by atoms with Crippen molar-refractivity contribution in [3.8, 4) is 0 Å². The van der Waals surface area contributed by atoms with Crippen LogP contribution in [0.3, 0.4) is 0 Å². The van der Waals surface area contributed by atoms with Gasteiger partial charge in [-0.15, -0.1) is 0 Å². The number of hydrogen-bond donors (Lipinski definition) is 3. The van der Waals surface area contributed by atoms with Gasteiger partial charge in [-0.2, -0.15) is 5.11 Å². The highest BCUT2D eigenvalue weighted by Gasteiger charge is 2.02. The number of carboxylic acids is 1. The molecule has 0 aliphatic heterocycles. The Hall–Kier alpha value is -0.690. The highest BCUT2D eigenvalue weighted by molar-refractivity contribution is 5.66. The van der Waals surface area contributed by atoms with Gasteiger partial charge < -0.3 is 15.3 Å². The SMILES string of the molecule is [O]CCO.[O][C](O)CCCCC(=O)O. The van der Waals surface area contributed by atoms with Crippen LogP contribution in [-0.2, 0) is 15.0 Å². The van der Waals surface area contributed by atoms with Gasteiger partial charge >= 0.3 is 5.97 Å². The van der Waals surface area contributed by atoms with Crippen molar-refractivity contribution in [1.29, 1.82) is 0 Å². The van der Waals surface area contributed by atoms with Gasteiger partial charge in [0.15, 0.2) is 0 Å². The van der Waals surface area contributed by atoms with Crippen molar-refractivity contribution < 1.29 is 30.3 Å². The van der Waals surface area contributed by atoms with Gasteiger partial charge in [0.25, 0.3) is 6.29 Å². The van der Waals surface area contributed by atoms with E-state index in [1.54, 1.807) is 0 Å². The smallest absolute Gasteiger partial charge is 0.303 e. The van der Waals surface area contributed by atoms with E-state index in [4.69, 9.17) is 20.4 Å². The quantitative estimate of drug-likeness (QED) is 0.544. The molecule has 0 bridgehead atoms. The Labute approximate surface area is 82.4 Å². The van der Waals surface area contributed by atoms with Gasteiger partial charge in [-0.1, -0.05) is 0 Å². The molecule has 0 unspecified atom stereocenters. The molecule has 3 N–H and O–H groups in total. The minimum atomic E-state index is -0.870. The third kappa shape index (κ3) is 22.5. The Bertz CT molecular complexity index is 123. The number of aliphatic carboxylic acids is 1. The molecule has 0 saturated carbocycles. The molecule has 0 aromatic rings. The molecule has 0 aromatic heterocycles.